The molecule has 1 saturated carbocycles. The smallest absolute Gasteiger partial charge is 0.490 e. The molecule has 108 valence electrons. The molecule has 2 fully saturated rings. The summed E-state index contributed by atoms with van der Waals surface area (Å²) in [5, 5.41) is 18.0. The zero-order valence-corrected chi connectivity index (χ0v) is 11.2. The van der Waals surface area contributed by atoms with Crippen LogP contribution in [-0.4, -0.2) is 35.5 Å². The minimum atomic E-state index is -1.80. The van der Waals surface area contributed by atoms with Crippen LogP contribution in [0.4, 0.5) is 4.39 Å². The molecule has 1 unspecified atom stereocenters. The van der Waals surface area contributed by atoms with Crippen LogP contribution in [0, 0.1) is 5.82 Å². The first kappa shape index (κ1) is 13.9. The highest BCUT2D eigenvalue weighted by molar-refractivity contribution is 6.58. The second-order valence-electron chi connectivity index (χ2n) is 5.67. The average Bonchev–Trinajstić information content (AvgIpc) is 2.37. The van der Waals surface area contributed by atoms with E-state index in [2.05, 4.69) is 0 Å². The van der Waals surface area contributed by atoms with Crippen molar-refractivity contribution >= 4 is 12.6 Å². The Balaban J connectivity index is 1.67. The van der Waals surface area contributed by atoms with Gasteiger partial charge in [-0.2, -0.15) is 0 Å². The summed E-state index contributed by atoms with van der Waals surface area (Å²) in [5.74, 6) is -0.240. The summed E-state index contributed by atoms with van der Waals surface area (Å²) in [5.41, 5.74) is -0.150. The molecule has 1 spiro atoms. The number of halogens is 1. The average molecular weight is 280 g/mol. The molecule has 2 N–H and O–H groups in total. The van der Waals surface area contributed by atoms with E-state index < -0.39 is 12.9 Å². The summed E-state index contributed by atoms with van der Waals surface area (Å²) in [6.45, 7) is 0.681. The van der Waals surface area contributed by atoms with Crippen molar-refractivity contribution in [2.24, 2.45) is 0 Å². The summed E-state index contributed by atoms with van der Waals surface area (Å²) in [6.07, 6.45) is 5.04. The lowest BCUT2D eigenvalue weighted by Crippen LogP contribution is -2.48. The minimum Gasteiger partial charge on any atom is -0.490 e. The Morgan fingerprint density at radius 1 is 1.35 bits per heavy atom. The Bertz CT molecular complexity index is 490. The second-order valence-corrected chi connectivity index (χ2v) is 5.67. The molecule has 1 aromatic carbocycles. The zero-order chi connectivity index (χ0) is 14.2. The van der Waals surface area contributed by atoms with Gasteiger partial charge in [0.1, 0.15) is 17.7 Å². The maximum Gasteiger partial charge on any atom is 0.491 e. The van der Waals surface area contributed by atoms with Gasteiger partial charge in [-0.05, 0) is 25.3 Å². The largest absolute Gasteiger partial charge is 0.491 e. The van der Waals surface area contributed by atoms with Gasteiger partial charge in [-0.15, -0.1) is 0 Å². The molecule has 0 radical (unpaired) electrons. The number of benzene rings is 1. The van der Waals surface area contributed by atoms with Gasteiger partial charge in [-0.3, -0.25) is 0 Å². The fraction of sp³-hybridized carbons (Fsp3) is 0.571. The summed E-state index contributed by atoms with van der Waals surface area (Å²) >= 11 is 0. The number of hydrogen-bond donors (Lipinski definition) is 2. The van der Waals surface area contributed by atoms with Gasteiger partial charge in [-0.25, -0.2) is 4.39 Å². The van der Waals surface area contributed by atoms with Crippen LogP contribution in [0.15, 0.2) is 18.2 Å². The van der Waals surface area contributed by atoms with Crippen LogP contribution in [0.3, 0.4) is 0 Å². The Labute approximate surface area is 117 Å². The Hall–Kier alpha value is -1.11. The molecule has 1 heterocycles. The molecular weight excluding hydrogens is 262 g/mol. The van der Waals surface area contributed by atoms with Crippen LogP contribution in [0.1, 0.15) is 32.1 Å². The van der Waals surface area contributed by atoms with Gasteiger partial charge in [-0.1, -0.05) is 6.07 Å². The Morgan fingerprint density at radius 3 is 2.75 bits per heavy atom. The van der Waals surface area contributed by atoms with E-state index in [9.17, 15) is 4.39 Å². The molecule has 0 bridgehead atoms. The van der Waals surface area contributed by atoms with Gasteiger partial charge < -0.3 is 19.5 Å². The highest BCUT2D eigenvalue weighted by atomic mass is 19.1. The van der Waals surface area contributed by atoms with E-state index in [0.29, 0.717) is 12.4 Å². The maximum atomic E-state index is 13.7. The van der Waals surface area contributed by atoms with Gasteiger partial charge in [0.25, 0.3) is 0 Å². The summed E-state index contributed by atoms with van der Waals surface area (Å²) < 4.78 is 25.3. The molecule has 20 heavy (non-hydrogen) atoms. The van der Waals surface area contributed by atoms with Crippen molar-refractivity contribution in [3.8, 4) is 5.75 Å². The topological polar surface area (TPSA) is 58.9 Å². The highest BCUT2D eigenvalue weighted by Gasteiger charge is 2.43. The minimum absolute atomic E-state index is 0.0112. The summed E-state index contributed by atoms with van der Waals surface area (Å²) in [4.78, 5) is 0. The van der Waals surface area contributed by atoms with Crippen molar-refractivity contribution in [1.82, 2.24) is 0 Å². The summed E-state index contributed by atoms with van der Waals surface area (Å²) in [6, 6.07) is 4.12. The lowest BCUT2D eigenvalue weighted by Gasteiger charge is -2.46. The second kappa shape index (κ2) is 5.35. The van der Waals surface area contributed by atoms with E-state index in [1.807, 2.05) is 0 Å². The first-order valence-electron chi connectivity index (χ1n) is 7.04. The van der Waals surface area contributed by atoms with E-state index >= 15 is 0 Å². The van der Waals surface area contributed by atoms with E-state index in [1.165, 1.54) is 18.6 Å². The van der Waals surface area contributed by atoms with Gasteiger partial charge in [0, 0.05) is 24.4 Å². The Kier molecular flexibility index (Phi) is 3.71. The van der Waals surface area contributed by atoms with Gasteiger partial charge in [0.05, 0.1) is 12.2 Å². The summed E-state index contributed by atoms with van der Waals surface area (Å²) in [7, 11) is -1.80. The van der Waals surface area contributed by atoms with Crippen molar-refractivity contribution in [2.75, 3.05) is 6.61 Å². The van der Waals surface area contributed by atoms with E-state index in [1.54, 1.807) is 6.07 Å². The molecule has 0 amide bonds. The first-order valence-corrected chi connectivity index (χ1v) is 7.04. The van der Waals surface area contributed by atoms with Gasteiger partial charge in [0.15, 0.2) is 0 Å². The van der Waals surface area contributed by atoms with Crippen LogP contribution in [-0.2, 0) is 4.74 Å². The van der Waals surface area contributed by atoms with E-state index in [4.69, 9.17) is 19.5 Å². The van der Waals surface area contributed by atoms with Crippen molar-refractivity contribution in [2.45, 2.75) is 43.8 Å². The third-order valence-electron chi connectivity index (χ3n) is 4.27. The van der Waals surface area contributed by atoms with Crippen molar-refractivity contribution < 1.29 is 23.9 Å². The quantitative estimate of drug-likeness (QED) is 0.810. The standard InChI is InChI=1S/C14H18BFO4/c16-13-8-10(2-3-12(13)15(17)18)20-11-4-7-19-14(9-11)5-1-6-14/h2-3,8,11,17-18H,1,4-7,9H2. The number of ether oxygens (including phenoxy) is 2. The van der Waals surface area contributed by atoms with Gasteiger partial charge in [0.2, 0.25) is 0 Å². The molecule has 1 saturated heterocycles. The van der Waals surface area contributed by atoms with Crippen LogP contribution in [0.2, 0.25) is 0 Å². The number of rotatable bonds is 3. The van der Waals surface area contributed by atoms with Crippen LogP contribution >= 0.6 is 0 Å². The van der Waals surface area contributed by atoms with E-state index in [0.717, 1.165) is 25.7 Å². The molecular formula is C14H18BFO4. The van der Waals surface area contributed by atoms with Crippen LogP contribution < -0.4 is 10.2 Å². The molecule has 4 nitrogen and oxygen atoms in total. The van der Waals surface area contributed by atoms with Crippen molar-refractivity contribution in [3.63, 3.8) is 0 Å². The predicted molar refractivity (Wildman–Crippen MR) is 72.4 cm³/mol. The Morgan fingerprint density at radius 2 is 2.15 bits per heavy atom. The fourth-order valence-electron chi connectivity index (χ4n) is 2.99. The molecule has 1 aliphatic carbocycles. The van der Waals surface area contributed by atoms with Gasteiger partial charge >= 0.3 is 7.12 Å². The van der Waals surface area contributed by atoms with E-state index in [-0.39, 0.29) is 17.2 Å². The molecule has 1 aromatic rings. The van der Waals surface area contributed by atoms with Crippen LogP contribution in [0.25, 0.3) is 0 Å². The monoisotopic (exact) mass is 280 g/mol. The molecule has 1 atom stereocenters. The van der Waals surface area contributed by atoms with Crippen molar-refractivity contribution in [3.05, 3.63) is 24.0 Å². The third kappa shape index (κ3) is 2.68. The molecule has 1 aliphatic heterocycles. The molecule has 2 aliphatic rings. The fourth-order valence-corrected chi connectivity index (χ4v) is 2.99. The normalized spacial score (nSPS) is 24.2. The molecule has 6 heteroatoms. The third-order valence-corrected chi connectivity index (χ3v) is 4.27. The lowest BCUT2D eigenvalue weighted by molar-refractivity contribution is -0.153. The number of hydrogen-bond acceptors (Lipinski definition) is 4. The molecule has 3 rings (SSSR count). The molecule has 0 aromatic heterocycles. The highest BCUT2D eigenvalue weighted by Crippen LogP contribution is 2.43. The zero-order valence-electron chi connectivity index (χ0n) is 11.2. The van der Waals surface area contributed by atoms with Crippen LogP contribution in [0.5, 0.6) is 5.75 Å². The predicted octanol–water partition coefficient (Wildman–Crippen LogP) is 0.986. The maximum absolute atomic E-state index is 13.7. The first-order chi connectivity index (χ1) is 9.58. The SMILES string of the molecule is OB(O)c1ccc(OC2CCOC3(CCC3)C2)cc1F. The van der Waals surface area contributed by atoms with Crippen molar-refractivity contribution in [1.29, 1.82) is 0 Å². The lowest BCUT2D eigenvalue weighted by atomic mass is 9.74.